The molecule has 3 N–H and O–H groups in total. The molecular formula is C10H18N4O2. The maximum absolute atomic E-state index is 11.6. The predicted molar refractivity (Wildman–Crippen MR) is 58.3 cm³/mol. The van der Waals surface area contributed by atoms with Gasteiger partial charge in [-0.15, -0.1) is 0 Å². The van der Waals surface area contributed by atoms with Crippen LogP contribution in [0.4, 0.5) is 0 Å². The first-order valence-electron chi connectivity index (χ1n) is 5.40. The van der Waals surface area contributed by atoms with Crippen LogP contribution in [-0.2, 0) is 11.3 Å². The van der Waals surface area contributed by atoms with Crippen molar-refractivity contribution in [3.63, 3.8) is 0 Å². The quantitative estimate of drug-likeness (QED) is 0.730. The summed E-state index contributed by atoms with van der Waals surface area (Å²) in [6.07, 6.45) is 1.65. The molecule has 0 aliphatic heterocycles. The van der Waals surface area contributed by atoms with E-state index in [1.54, 1.807) is 6.92 Å². The molecule has 0 saturated heterocycles. The van der Waals surface area contributed by atoms with Crippen LogP contribution in [0.25, 0.3) is 0 Å². The van der Waals surface area contributed by atoms with Crippen LogP contribution in [0.3, 0.4) is 0 Å². The number of nitrogens with two attached hydrogens (primary N) is 1. The second-order valence-electron chi connectivity index (χ2n) is 3.79. The normalized spacial score (nSPS) is 12.4. The molecule has 1 atom stereocenters. The Morgan fingerprint density at radius 2 is 2.38 bits per heavy atom. The fourth-order valence-corrected chi connectivity index (χ4v) is 1.30. The number of aryl methyl sites for hydroxylation is 1. The molecule has 0 saturated carbocycles. The van der Waals surface area contributed by atoms with E-state index in [1.165, 1.54) is 0 Å². The summed E-state index contributed by atoms with van der Waals surface area (Å²) in [5, 5.41) is 6.38. The number of carbonyl (C=O) groups excluding carboxylic acids is 1. The number of nitrogens with zero attached hydrogens (tertiary/aromatic N) is 2. The van der Waals surface area contributed by atoms with E-state index in [1.807, 2.05) is 6.92 Å². The molecule has 1 heterocycles. The van der Waals surface area contributed by atoms with Crippen molar-refractivity contribution in [2.75, 3.05) is 6.54 Å². The van der Waals surface area contributed by atoms with Crippen molar-refractivity contribution in [3.8, 4) is 0 Å². The van der Waals surface area contributed by atoms with Gasteiger partial charge in [0.05, 0.1) is 6.54 Å². The van der Waals surface area contributed by atoms with Crippen LogP contribution in [0.15, 0.2) is 4.52 Å². The summed E-state index contributed by atoms with van der Waals surface area (Å²) in [6, 6.07) is 0. The molecule has 90 valence electrons. The van der Waals surface area contributed by atoms with Gasteiger partial charge in [0.2, 0.25) is 11.8 Å². The van der Waals surface area contributed by atoms with Crippen molar-refractivity contribution in [1.82, 2.24) is 15.5 Å². The standard InChI is InChI=1S/C10H18N4O2/c1-7(4-3-5-11)10(15)12-6-9-13-8(2)14-16-9/h7H,3-6,11H2,1-2H3,(H,12,15). The lowest BCUT2D eigenvalue weighted by atomic mass is 10.1. The molecule has 1 amide bonds. The van der Waals surface area contributed by atoms with Crippen LogP contribution < -0.4 is 11.1 Å². The Morgan fingerprint density at radius 1 is 1.62 bits per heavy atom. The Labute approximate surface area is 94.6 Å². The van der Waals surface area contributed by atoms with Crippen LogP contribution in [-0.4, -0.2) is 22.6 Å². The minimum absolute atomic E-state index is 0.00990. The molecule has 0 aromatic carbocycles. The van der Waals surface area contributed by atoms with E-state index < -0.39 is 0 Å². The molecular weight excluding hydrogens is 208 g/mol. The van der Waals surface area contributed by atoms with Crippen molar-refractivity contribution in [1.29, 1.82) is 0 Å². The van der Waals surface area contributed by atoms with Gasteiger partial charge in [-0.1, -0.05) is 12.1 Å². The molecule has 0 spiro atoms. The highest BCUT2D eigenvalue weighted by molar-refractivity contribution is 5.78. The zero-order valence-corrected chi connectivity index (χ0v) is 9.69. The van der Waals surface area contributed by atoms with Crippen LogP contribution >= 0.6 is 0 Å². The van der Waals surface area contributed by atoms with Gasteiger partial charge in [0.1, 0.15) is 0 Å². The Kier molecular flexibility index (Phi) is 4.91. The topological polar surface area (TPSA) is 94.0 Å². The number of nitrogens with one attached hydrogen (secondary N) is 1. The molecule has 1 aromatic rings. The second-order valence-corrected chi connectivity index (χ2v) is 3.79. The summed E-state index contributed by atoms with van der Waals surface area (Å²) in [6.45, 7) is 4.51. The molecule has 0 aliphatic rings. The highest BCUT2D eigenvalue weighted by Gasteiger charge is 2.13. The van der Waals surface area contributed by atoms with Crippen molar-refractivity contribution >= 4 is 5.91 Å². The van der Waals surface area contributed by atoms with E-state index in [-0.39, 0.29) is 18.4 Å². The fourth-order valence-electron chi connectivity index (χ4n) is 1.30. The van der Waals surface area contributed by atoms with Crippen LogP contribution in [0.1, 0.15) is 31.5 Å². The molecule has 6 heteroatoms. The smallest absolute Gasteiger partial charge is 0.246 e. The Hall–Kier alpha value is -1.43. The average molecular weight is 226 g/mol. The summed E-state index contributed by atoms with van der Waals surface area (Å²) >= 11 is 0. The van der Waals surface area contributed by atoms with Gasteiger partial charge in [-0.25, -0.2) is 0 Å². The largest absolute Gasteiger partial charge is 0.347 e. The molecule has 1 aromatic heterocycles. The Balaban J connectivity index is 2.29. The summed E-state index contributed by atoms with van der Waals surface area (Å²) in [7, 11) is 0. The molecule has 6 nitrogen and oxygen atoms in total. The highest BCUT2D eigenvalue weighted by Crippen LogP contribution is 2.05. The Bertz CT molecular complexity index is 337. The number of aromatic nitrogens is 2. The first kappa shape index (κ1) is 12.6. The van der Waals surface area contributed by atoms with Gasteiger partial charge in [-0.05, 0) is 26.3 Å². The zero-order chi connectivity index (χ0) is 12.0. The van der Waals surface area contributed by atoms with Crippen LogP contribution in [0.2, 0.25) is 0 Å². The summed E-state index contributed by atoms with van der Waals surface area (Å²) in [5.74, 6) is 0.953. The fraction of sp³-hybridized carbons (Fsp3) is 0.700. The van der Waals surface area contributed by atoms with Gasteiger partial charge in [-0.3, -0.25) is 4.79 Å². The minimum atomic E-state index is -0.0347. The summed E-state index contributed by atoms with van der Waals surface area (Å²) in [5.41, 5.74) is 5.38. The lowest BCUT2D eigenvalue weighted by molar-refractivity contribution is -0.125. The van der Waals surface area contributed by atoms with E-state index in [0.29, 0.717) is 18.3 Å². The predicted octanol–water partition coefficient (Wildman–Crippen LogP) is 0.369. The van der Waals surface area contributed by atoms with E-state index in [9.17, 15) is 4.79 Å². The van der Waals surface area contributed by atoms with Crippen molar-refractivity contribution in [3.05, 3.63) is 11.7 Å². The van der Waals surface area contributed by atoms with Gasteiger partial charge < -0.3 is 15.6 Å². The van der Waals surface area contributed by atoms with E-state index in [0.717, 1.165) is 12.8 Å². The zero-order valence-electron chi connectivity index (χ0n) is 9.69. The molecule has 0 aliphatic carbocycles. The van der Waals surface area contributed by atoms with Gasteiger partial charge in [0.25, 0.3) is 0 Å². The molecule has 1 rings (SSSR count). The number of carbonyl (C=O) groups is 1. The first-order chi connectivity index (χ1) is 7.63. The van der Waals surface area contributed by atoms with Gasteiger partial charge in [-0.2, -0.15) is 4.98 Å². The number of rotatable bonds is 6. The molecule has 1 unspecified atom stereocenters. The number of hydrogen-bond acceptors (Lipinski definition) is 5. The molecule has 0 fully saturated rings. The van der Waals surface area contributed by atoms with Gasteiger partial charge in [0.15, 0.2) is 5.82 Å². The van der Waals surface area contributed by atoms with Crippen LogP contribution in [0.5, 0.6) is 0 Å². The summed E-state index contributed by atoms with van der Waals surface area (Å²) in [4.78, 5) is 15.6. The van der Waals surface area contributed by atoms with Crippen molar-refractivity contribution in [2.24, 2.45) is 11.7 Å². The highest BCUT2D eigenvalue weighted by atomic mass is 16.5. The minimum Gasteiger partial charge on any atom is -0.347 e. The SMILES string of the molecule is Cc1noc(CNC(=O)C(C)CCCN)n1. The third-order valence-electron chi connectivity index (χ3n) is 2.27. The average Bonchev–Trinajstić information content (AvgIpc) is 2.68. The van der Waals surface area contributed by atoms with Crippen LogP contribution in [0, 0.1) is 12.8 Å². The molecule has 16 heavy (non-hydrogen) atoms. The maximum atomic E-state index is 11.6. The third kappa shape index (κ3) is 3.98. The van der Waals surface area contributed by atoms with Crippen molar-refractivity contribution in [2.45, 2.75) is 33.2 Å². The lowest BCUT2D eigenvalue weighted by Crippen LogP contribution is -2.29. The van der Waals surface area contributed by atoms with E-state index >= 15 is 0 Å². The maximum Gasteiger partial charge on any atom is 0.246 e. The summed E-state index contributed by atoms with van der Waals surface area (Å²) < 4.78 is 4.88. The van der Waals surface area contributed by atoms with Gasteiger partial charge in [0, 0.05) is 5.92 Å². The second kappa shape index (κ2) is 6.22. The molecule has 0 radical (unpaired) electrons. The third-order valence-corrected chi connectivity index (χ3v) is 2.27. The van der Waals surface area contributed by atoms with E-state index in [4.69, 9.17) is 10.3 Å². The molecule has 0 bridgehead atoms. The number of amides is 1. The van der Waals surface area contributed by atoms with Gasteiger partial charge >= 0.3 is 0 Å². The number of hydrogen-bond donors (Lipinski definition) is 2. The Morgan fingerprint density at radius 3 is 2.94 bits per heavy atom. The monoisotopic (exact) mass is 226 g/mol. The lowest BCUT2D eigenvalue weighted by Gasteiger charge is -2.09. The van der Waals surface area contributed by atoms with Crippen molar-refractivity contribution < 1.29 is 9.32 Å². The first-order valence-corrected chi connectivity index (χ1v) is 5.40. The van der Waals surface area contributed by atoms with E-state index in [2.05, 4.69) is 15.5 Å².